The number of aryl methyl sites for hydroxylation is 2. The first-order chi connectivity index (χ1) is 16.9. The Morgan fingerprint density at radius 3 is 2.31 bits per heavy atom. The van der Waals surface area contributed by atoms with E-state index in [2.05, 4.69) is 15.4 Å². The largest absolute Gasteiger partial charge is 0.355 e. The van der Waals surface area contributed by atoms with Crippen molar-refractivity contribution in [1.82, 2.24) is 10.0 Å². The summed E-state index contributed by atoms with van der Waals surface area (Å²) in [5.41, 5.74) is 3.43. The molecule has 1 heterocycles. The summed E-state index contributed by atoms with van der Waals surface area (Å²) in [6.07, 6.45) is 2.58. The second-order valence-corrected chi connectivity index (χ2v) is 10.3. The Hall–Kier alpha value is -3.49. The lowest BCUT2D eigenvalue weighted by Crippen LogP contribution is -2.48. The molecule has 0 saturated heterocycles. The van der Waals surface area contributed by atoms with Gasteiger partial charge in [-0.3, -0.25) is 9.59 Å². The average molecular weight is 492 g/mol. The number of hydrogen-bond donors (Lipinski definition) is 3. The zero-order valence-corrected chi connectivity index (χ0v) is 20.2. The van der Waals surface area contributed by atoms with E-state index < -0.39 is 16.1 Å². The van der Waals surface area contributed by atoms with Gasteiger partial charge in [0.25, 0.3) is 0 Å². The van der Waals surface area contributed by atoms with E-state index in [0.29, 0.717) is 25.1 Å². The maximum absolute atomic E-state index is 13.2. The van der Waals surface area contributed by atoms with Crippen LogP contribution in [0.4, 0.5) is 5.69 Å². The molecule has 0 bridgehead atoms. The van der Waals surface area contributed by atoms with Crippen molar-refractivity contribution in [2.45, 2.75) is 43.0 Å². The quantitative estimate of drug-likeness (QED) is 0.379. The molecule has 0 aliphatic carbocycles. The molecule has 35 heavy (non-hydrogen) atoms. The predicted molar refractivity (Wildman–Crippen MR) is 135 cm³/mol. The van der Waals surface area contributed by atoms with Crippen molar-refractivity contribution >= 4 is 27.5 Å². The van der Waals surface area contributed by atoms with Crippen LogP contribution in [-0.2, 0) is 38.9 Å². The molecule has 1 atom stereocenters. The Kier molecular flexibility index (Phi) is 7.94. The second kappa shape index (κ2) is 11.3. The van der Waals surface area contributed by atoms with Gasteiger partial charge >= 0.3 is 0 Å². The fourth-order valence-corrected chi connectivity index (χ4v) is 5.34. The lowest BCUT2D eigenvalue weighted by molar-refractivity contribution is -0.122. The van der Waals surface area contributed by atoms with Crippen molar-refractivity contribution in [3.8, 4) is 0 Å². The number of sulfonamides is 1. The van der Waals surface area contributed by atoms with Crippen molar-refractivity contribution in [2.75, 3.05) is 11.9 Å². The number of carbonyl (C=O) groups is 2. The van der Waals surface area contributed by atoms with Crippen LogP contribution in [0.2, 0.25) is 0 Å². The third-order valence-corrected chi connectivity index (χ3v) is 7.43. The van der Waals surface area contributed by atoms with Gasteiger partial charge < -0.3 is 10.6 Å². The van der Waals surface area contributed by atoms with Gasteiger partial charge in [-0.25, -0.2) is 8.42 Å². The Balaban J connectivity index is 1.45. The van der Waals surface area contributed by atoms with Gasteiger partial charge in [0.1, 0.15) is 6.04 Å². The molecule has 0 fully saturated rings. The first kappa shape index (κ1) is 24.6. The number of hydrogen-bond acceptors (Lipinski definition) is 4. The molecule has 182 valence electrons. The van der Waals surface area contributed by atoms with Crippen LogP contribution in [0.3, 0.4) is 0 Å². The van der Waals surface area contributed by atoms with Crippen molar-refractivity contribution in [3.05, 3.63) is 95.6 Å². The summed E-state index contributed by atoms with van der Waals surface area (Å²) in [7, 11) is -3.97. The highest BCUT2D eigenvalue weighted by Gasteiger charge is 2.27. The summed E-state index contributed by atoms with van der Waals surface area (Å²) in [6, 6.07) is 23.0. The van der Waals surface area contributed by atoms with E-state index in [1.54, 1.807) is 12.1 Å². The molecule has 3 aromatic rings. The SMILES string of the molecule is O=C1CCc2cc(S(=O)(=O)N[C@@H](Cc3ccccc3)C(=O)NCCCc3ccccc3)ccc2N1. The number of anilines is 1. The molecule has 0 spiro atoms. The van der Waals surface area contributed by atoms with E-state index in [1.165, 1.54) is 11.6 Å². The van der Waals surface area contributed by atoms with Crippen molar-refractivity contribution in [1.29, 1.82) is 0 Å². The van der Waals surface area contributed by atoms with Gasteiger partial charge in [-0.15, -0.1) is 0 Å². The second-order valence-electron chi connectivity index (χ2n) is 8.61. The summed E-state index contributed by atoms with van der Waals surface area (Å²) in [5.74, 6) is -0.450. The minimum absolute atomic E-state index is 0.0716. The minimum Gasteiger partial charge on any atom is -0.355 e. The number of benzene rings is 3. The first-order valence-electron chi connectivity index (χ1n) is 11.7. The van der Waals surface area contributed by atoms with Gasteiger partial charge in [0.05, 0.1) is 4.90 Å². The molecule has 7 nitrogen and oxygen atoms in total. The molecular weight excluding hydrogens is 462 g/mol. The smallest absolute Gasteiger partial charge is 0.241 e. The van der Waals surface area contributed by atoms with Crippen LogP contribution in [0.5, 0.6) is 0 Å². The van der Waals surface area contributed by atoms with Crippen LogP contribution < -0.4 is 15.4 Å². The molecule has 1 aliphatic rings. The van der Waals surface area contributed by atoms with Gasteiger partial charge in [-0.2, -0.15) is 4.72 Å². The lowest BCUT2D eigenvalue weighted by atomic mass is 10.0. The van der Waals surface area contributed by atoms with Crippen molar-refractivity contribution < 1.29 is 18.0 Å². The van der Waals surface area contributed by atoms with Crippen molar-refractivity contribution in [2.24, 2.45) is 0 Å². The number of nitrogens with one attached hydrogen (secondary N) is 3. The monoisotopic (exact) mass is 491 g/mol. The molecule has 2 amide bonds. The average Bonchev–Trinajstić information content (AvgIpc) is 2.87. The van der Waals surface area contributed by atoms with Crippen LogP contribution in [0.15, 0.2) is 83.8 Å². The number of amides is 2. The predicted octanol–water partition coefficient (Wildman–Crippen LogP) is 3.21. The molecule has 3 aromatic carbocycles. The van der Waals surface area contributed by atoms with E-state index >= 15 is 0 Å². The van der Waals surface area contributed by atoms with Crippen LogP contribution in [0.25, 0.3) is 0 Å². The van der Waals surface area contributed by atoms with Gasteiger partial charge in [0, 0.05) is 18.7 Å². The van der Waals surface area contributed by atoms with E-state index in [0.717, 1.165) is 24.0 Å². The van der Waals surface area contributed by atoms with Crippen LogP contribution >= 0.6 is 0 Å². The highest BCUT2D eigenvalue weighted by molar-refractivity contribution is 7.89. The van der Waals surface area contributed by atoms with Gasteiger partial charge in [-0.1, -0.05) is 60.7 Å². The summed E-state index contributed by atoms with van der Waals surface area (Å²) >= 11 is 0. The molecule has 0 aromatic heterocycles. The van der Waals surface area contributed by atoms with Gasteiger partial charge in [0.15, 0.2) is 0 Å². The highest BCUT2D eigenvalue weighted by atomic mass is 32.2. The Morgan fingerprint density at radius 1 is 0.914 bits per heavy atom. The standard InChI is InChI=1S/C27H29N3O4S/c31-26-16-13-22-19-23(14-15-24(22)29-26)35(33,34)30-25(18-21-10-5-2-6-11-21)27(32)28-17-7-12-20-8-3-1-4-9-20/h1-6,8-11,14-15,19,25,30H,7,12-13,16-18H2,(H,28,32)(H,29,31)/t25-/m0/s1. The topological polar surface area (TPSA) is 104 Å². The van der Waals surface area contributed by atoms with E-state index in [9.17, 15) is 18.0 Å². The Bertz CT molecular complexity index is 1280. The van der Waals surface area contributed by atoms with Crippen molar-refractivity contribution in [3.63, 3.8) is 0 Å². The Labute approximate surface area is 206 Å². The normalized spacial score (nSPS) is 14.0. The molecule has 0 saturated carbocycles. The molecule has 8 heteroatoms. The zero-order chi connectivity index (χ0) is 24.7. The van der Waals surface area contributed by atoms with E-state index in [4.69, 9.17) is 0 Å². The third-order valence-electron chi connectivity index (χ3n) is 5.96. The van der Waals surface area contributed by atoms with E-state index in [1.807, 2.05) is 60.7 Å². The summed E-state index contributed by atoms with van der Waals surface area (Å²) < 4.78 is 29.1. The molecule has 1 aliphatic heterocycles. The molecule has 0 unspecified atom stereocenters. The lowest BCUT2D eigenvalue weighted by Gasteiger charge is -2.21. The fraction of sp³-hybridized carbons (Fsp3) is 0.259. The van der Waals surface area contributed by atoms with Gasteiger partial charge in [-0.05, 0) is 60.6 Å². The van der Waals surface area contributed by atoms with Crippen LogP contribution in [0.1, 0.15) is 29.5 Å². The van der Waals surface area contributed by atoms with Crippen LogP contribution in [0, 0.1) is 0 Å². The molecule has 4 rings (SSSR count). The van der Waals surface area contributed by atoms with Gasteiger partial charge in [0.2, 0.25) is 21.8 Å². The molecule has 0 radical (unpaired) electrons. The molecular formula is C27H29N3O4S. The summed E-state index contributed by atoms with van der Waals surface area (Å²) in [4.78, 5) is 24.7. The molecule has 3 N–H and O–H groups in total. The minimum atomic E-state index is -3.97. The third kappa shape index (κ3) is 6.77. The summed E-state index contributed by atoms with van der Waals surface area (Å²) in [6.45, 7) is 0.444. The number of fused-ring (bicyclic) bond motifs is 1. The highest BCUT2D eigenvalue weighted by Crippen LogP contribution is 2.25. The Morgan fingerprint density at radius 2 is 1.60 bits per heavy atom. The van der Waals surface area contributed by atoms with E-state index in [-0.39, 0.29) is 23.1 Å². The maximum Gasteiger partial charge on any atom is 0.241 e. The number of carbonyl (C=O) groups excluding carboxylic acids is 2. The fourth-order valence-electron chi connectivity index (χ4n) is 4.09. The zero-order valence-electron chi connectivity index (χ0n) is 19.4. The van der Waals surface area contributed by atoms with Crippen LogP contribution in [-0.4, -0.2) is 32.8 Å². The maximum atomic E-state index is 13.2. The summed E-state index contributed by atoms with van der Waals surface area (Å²) in [5, 5.41) is 5.64. The number of rotatable bonds is 10. The first-order valence-corrected chi connectivity index (χ1v) is 13.2.